The number of nitrogens with zero attached hydrogens (tertiary/aromatic N) is 1. The average Bonchev–Trinajstić information content (AvgIpc) is 2.78. The lowest BCUT2D eigenvalue weighted by atomic mass is 9.83. The summed E-state index contributed by atoms with van der Waals surface area (Å²) in [7, 11) is 0. The van der Waals surface area contributed by atoms with Crippen LogP contribution in [0.5, 0.6) is 0 Å². The molecule has 3 rings (SSSR count). The topological polar surface area (TPSA) is 28.7 Å². The number of alkyl halides is 1. The number of benzene rings is 1. The first-order chi connectivity index (χ1) is 8.24. The van der Waals surface area contributed by atoms with Crippen LogP contribution in [0.1, 0.15) is 34.5 Å². The number of nitrogens with one attached hydrogen (secondary N) is 1. The smallest absolute Gasteiger partial charge is 0.0624 e. The highest BCUT2D eigenvalue weighted by Gasteiger charge is 2.27. The maximum Gasteiger partial charge on any atom is 0.0624 e. The number of fused-ring (bicyclic) bond motifs is 1. The summed E-state index contributed by atoms with van der Waals surface area (Å²) in [4.78, 5) is 0. The van der Waals surface area contributed by atoms with Crippen LogP contribution < -0.4 is 0 Å². The van der Waals surface area contributed by atoms with Crippen molar-refractivity contribution in [1.29, 1.82) is 0 Å². The second kappa shape index (κ2) is 4.35. The Balaban J connectivity index is 1.90. The molecule has 0 bridgehead atoms. The Kier molecular flexibility index (Phi) is 2.85. The van der Waals surface area contributed by atoms with Crippen molar-refractivity contribution in [2.24, 2.45) is 0 Å². The van der Waals surface area contributed by atoms with Crippen LogP contribution in [0, 0.1) is 0 Å². The van der Waals surface area contributed by atoms with Gasteiger partial charge in [-0.1, -0.05) is 23.7 Å². The highest BCUT2D eigenvalue weighted by atomic mass is 35.5. The molecule has 1 aromatic heterocycles. The van der Waals surface area contributed by atoms with E-state index in [1.807, 2.05) is 18.3 Å². The molecular formula is C13H12Cl2N2. The number of H-pyrrole nitrogens is 1. The van der Waals surface area contributed by atoms with E-state index in [1.54, 1.807) is 0 Å². The van der Waals surface area contributed by atoms with Gasteiger partial charge in [-0.3, -0.25) is 5.10 Å². The molecule has 2 aromatic rings. The van der Waals surface area contributed by atoms with Crippen molar-refractivity contribution >= 4 is 23.2 Å². The average molecular weight is 267 g/mol. The quantitative estimate of drug-likeness (QED) is 0.775. The SMILES string of the molecule is Clc1ccc(C2Cc3[nH]ncc3C(Cl)C2)cc1. The Morgan fingerprint density at radius 2 is 2.00 bits per heavy atom. The number of rotatable bonds is 1. The fourth-order valence-corrected chi connectivity index (χ4v) is 2.98. The Morgan fingerprint density at radius 1 is 1.24 bits per heavy atom. The molecule has 0 spiro atoms. The van der Waals surface area contributed by atoms with E-state index in [-0.39, 0.29) is 5.38 Å². The maximum absolute atomic E-state index is 6.38. The zero-order valence-electron chi connectivity index (χ0n) is 9.16. The van der Waals surface area contributed by atoms with Crippen molar-refractivity contribution in [3.63, 3.8) is 0 Å². The molecule has 0 saturated carbocycles. The van der Waals surface area contributed by atoms with E-state index < -0.39 is 0 Å². The Hall–Kier alpha value is -0.990. The molecule has 1 aromatic carbocycles. The first-order valence-electron chi connectivity index (χ1n) is 5.65. The lowest BCUT2D eigenvalue weighted by Gasteiger charge is -2.25. The minimum atomic E-state index is 0.0539. The summed E-state index contributed by atoms with van der Waals surface area (Å²) >= 11 is 12.3. The van der Waals surface area contributed by atoms with Crippen LogP contribution in [0.15, 0.2) is 30.5 Å². The molecule has 1 N–H and O–H groups in total. The fourth-order valence-electron chi connectivity index (χ4n) is 2.45. The molecule has 1 heterocycles. The van der Waals surface area contributed by atoms with Gasteiger partial charge in [-0.2, -0.15) is 5.10 Å². The minimum Gasteiger partial charge on any atom is -0.282 e. The lowest BCUT2D eigenvalue weighted by Crippen LogP contribution is -2.13. The van der Waals surface area contributed by atoms with Crippen molar-refractivity contribution in [1.82, 2.24) is 10.2 Å². The van der Waals surface area contributed by atoms with Crippen LogP contribution in [-0.2, 0) is 6.42 Å². The third-order valence-electron chi connectivity index (χ3n) is 3.37. The van der Waals surface area contributed by atoms with Crippen molar-refractivity contribution in [3.05, 3.63) is 52.3 Å². The van der Waals surface area contributed by atoms with E-state index in [1.165, 1.54) is 5.56 Å². The van der Waals surface area contributed by atoms with E-state index in [9.17, 15) is 0 Å². The van der Waals surface area contributed by atoms with Gasteiger partial charge in [-0.25, -0.2) is 0 Å². The monoisotopic (exact) mass is 266 g/mol. The standard InChI is InChI=1S/C13H12Cl2N2/c14-10-3-1-8(2-4-10)9-5-12(15)11-7-16-17-13(11)6-9/h1-4,7,9,12H,5-6H2,(H,16,17). The first kappa shape index (κ1) is 11.1. The van der Waals surface area contributed by atoms with Crippen LogP contribution in [-0.4, -0.2) is 10.2 Å². The van der Waals surface area contributed by atoms with Gasteiger partial charge in [0.2, 0.25) is 0 Å². The van der Waals surface area contributed by atoms with E-state index in [0.29, 0.717) is 5.92 Å². The molecule has 2 nitrogen and oxygen atoms in total. The Labute approximate surface area is 110 Å². The molecular weight excluding hydrogens is 255 g/mol. The minimum absolute atomic E-state index is 0.0539. The third-order valence-corrected chi connectivity index (χ3v) is 4.04. The van der Waals surface area contributed by atoms with E-state index in [2.05, 4.69) is 22.3 Å². The molecule has 0 radical (unpaired) electrons. The molecule has 2 unspecified atom stereocenters. The summed E-state index contributed by atoms with van der Waals surface area (Å²) in [5, 5.41) is 7.93. The van der Waals surface area contributed by atoms with E-state index >= 15 is 0 Å². The van der Waals surface area contributed by atoms with Gasteiger partial charge in [-0.15, -0.1) is 11.6 Å². The predicted octanol–water partition coefficient (Wildman–Crippen LogP) is 4.07. The van der Waals surface area contributed by atoms with Crippen molar-refractivity contribution in [3.8, 4) is 0 Å². The molecule has 2 atom stereocenters. The molecule has 1 aliphatic rings. The zero-order chi connectivity index (χ0) is 11.8. The maximum atomic E-state index is 6.38. The van der Waals surface area contributed by atoms with Gasteiger partial charge in [0.25, 0.3) is 0 Å². The molecule has 0 saturated heterocycles. The normalized spacial score (nSPS) is 23.4. The molecule has 1 aliphatic carbocycles. The van der Waals surface area contributed by atoms with Gasteiger partial charge < -0.3 is 0 Å². The molecule has 0 amide bonds. The predicted molar refractivity (Wildman–Crippen MR) is 69.7 cm³/mol. The molecule has 88 valence electrons. The first-order valence-corrected chi connectivity index (χ1v) is 6.47. The second-order valence-electron chi connectivity index (χ2n) is 4.46. The van der Waals surface area contributed by atoms with Crippen LogP contribution in [0.2, 0.25) is 5.02 Å². The number of hydrogen-bond donors (Lipinski definition) is 1. The van der Waals surface area contributed by atoms with Crippen molar-refractivity contribution in [2.75, 3.05) is 0 Å². The molecule has 4 heteroatoms. The summed E-state index contributed by atoms with van der Waals surface area (Å²) in [5.74, 6) is 0.447. The highest BCUT2D eigenvalue weighted by Crippen LogP contribution is 2.41. The fraction of sp³-hybridized carbons (Fsp3) is 0.308. The number of aromatic nitrogens is 2. The molecule has 0 fully saturated rings. The molecule has 17 heavy (non-hydrogen) atoms. The third kappa shape index (κ3) is 2.07. The van der Waals surface area contributed by atoms with Gasteiger partial charge >= 0.3 is 0 Å². The van der Waals surface area contributed by atoms with Gasteiger partial charge in [0.1, 0.15) is 0 Å². The Morgan fingerprint density at radius 3 is 2.76 bits per heavy atom. The van der Waals surface area contributed by atoms with Crippen LogP contribution in [0.25, 0.3) is 0 Å². The summed E-state index contributed by atoms with van der Waals surface area (Å²) < 4.78 is 0. The number of hydrogen-bond acceptors (Lipinski definition) is 1. The zero-order valence-corrected chi connectivity index (χ0v) is 10.7. The van der Waals surface area contributed by atoms with Crippen LogP contribution >= 0.6 is 23.2 Å². The van der Waals surface area contributed by atoms with E-state index in [4.69, 9.17) is 23.2 Å². The number of halogens is 2. The Bertz CT molecular complexity index is 518. The van der Waals surface area contributed by atoms with Gasteiger partial charge in [0.05, 0.1) is 11.6 Å². The molecule has 0 aliphatic heterocycles. The second-order valence-corrected chi connectivity index (χ2v) is 5.42. The summed E-state index contributed by atoms with van der Waals surface area (Å²) in [5.41, 5.74) is 3.60. The summed E-state index contributed by atoms with van der Waals surface area (Å²) in [6.07, 6.45) is 3.76. The van der Waals surface area contributed by atoms with Gasteiger partial charge in [0, 0.05) is 16.3 Å². The van der Waals surface area contributed by atoms with Gasteiger partial charge in [-0.05, 0) is 36.5 Å². The van der Waals surface area contributed by atoms with Crippen LogP contribution in [0.4, 0.5) is 0 Å². The van der Waals surface area contributed by atoms with E-state index in [0.717, 1.165) is 29.1 Å². The highest BCUT2D eigenvalue weighted by molar-refractivity contribution is 6.30. The van der Waals surface area contributed by atoms with Crippen LogP contribution in [0.3, 0.4) is 0 Å². The summed E-state index contributed by atoms with van der Waals surface area (Å²) in [6, 6.07) is 8.03. The summed E-state index contributed by atoms with van der Waals surface area (Å²) in [6.45, 7) is 0. The van der Waals surface area contributed by atoms with Crippen molar-refractivity contribution in [2.45, 2.75) is 24.1 Å². The lowest BCUT2D eigenvalue weighted by molar-refractivity contribution is 0.565. The number of aromatic amines is 1. The van der Waals surface area contributed by atoms with Crippen molar-refractivity contribution < 1.29 is 0 Å². The van der Waals surface area contributed by atoms with Gasteiger partial charge in [0.15, 0.2) is 0 Å². The largest absolute Gasteiger partial charge is 0.282 e.